The van der Waals surface area contributed by atoms with Gasteiger partial charge in [-0.2, -0.15) is 0 Å². The predicted octanol–water partition coefficient (Wildman–Crippen LogP) is 3.37. The van der Waals surface area contributed by atoms with E-state index in [1.54, 1.807) is 0 Å². The number of fused-ring (bicyclic) bond motifs is 1. The zero-order valence-corrected chi connectivity index (χ0v) is 18.8. The zero-order chi connectivity index (χ0) is 21.6. The number of aromatic nitrogens is 1. The zero-order valence-electron chi connectivity index (χ0n) is 18.8. The van der Waals surface area contributed by atoms with Crippen molar-refractivity contribution in [3.05, 3.63) is 36.0 Å². The third-order valence-electron chi connectivity index (χ3n) is 6.25. The number of piperidine rings is 1. The fourth-order valence-corrected chi connectivity index (χ4v) is 4.68. The van der Waals surface area contributed by atoms with Gasteiger partial charge in [0.25, 0.3) is 0 Å². The van der Waals surface area contributed by atoms with Gasteiger partial charge >= 0.3 is 6.09 Å². The maximum Gasteiger partial charge on any atom is 0.409 e. The second-order valence-electron chi connectivity index (χ2n) is 8.34. The van der Waals surface area contributed by atoms with Crippen LogP contribution in [0.25, 0.3) is 10.9 Å². The van der Waals surface area contributed by atoms with Gasteiger partial charge in [0.1, 0.15) is 5.75 Å². The van der Waals surface area contributed by atoms with Crippen molar-refractivity contribution in [2.24, 2.45) is 0 Å². The van der Waals surface area contributed by atoms with E-state index in [-0.39, 0.29) is 6.09 Å². The van der Waals surface area contributed by atoms with Crippen molar-refractivity contribution in [2.45, 2.75) is 39.3 Å². The van der Waals surface area contributed by atoms with E-state index in [1.807, 2.05) is 30.9 Å². The van der Waals surface area contributed by atoms with Crippen LogP contribution in [0.3, 0.4) is 0 Å². The Morgan fingerprint density at radius 1 is 1.06 bits per heavy atom. The van der Waals surface area contributed by atoms with Gasteiger partial charge in [-0.3, -0.25) is 14.8 Å². The summed E-state index contributed by atoms with van der Waals surface area (Å²) in [5.74, 6) is 0.895. The van der Waals surface area contributed by atoms with E-state index in [4.69, 9.17) is 14.5 Å². The molecule has 4 rings (SSSR count). The smallest absolute Gasteiger partial charge is 0.409 e. The second-order valence-corrected chi connectivity index (χ2v) is 8.34. The summed E-state index contributed by atoms with van der Waals surface area (Å²) in [4.78, 5) is 23.7. The Hall–Kier alpha value is -2.38. The van der Waals surface area contributed by atoms with Crippen molar-refractivity contribution in [3.63, 3.8) is 0 Å². The minimum atomic E-state index is -0.178. The molecule has 2 fully saturated rings. The van der Waals surface area contributed by atoms with Gasteiger partial charge < -0.3 is 14.4 Å². The normalized spacial score (nSPS) is 20.7. The van der Waals surface area contributed by atoms with Crippen molar-refractivity contribution in [1.82, 2.24) is 19.7 Å². The van der Waals surface area contributed by atoms with Crippen molar-refractivity contribution in [1.29, 1.82) is 0 Å². The summed E-state index contributed by atoms with van der Waals surface area (Å²) in [5.41, 5.74) is 2.13. The number of nitrogens with zero attached hydrogens (tertiary/aromatic N) is 4. The standard InChI is InChI=1S/C24H34N4O3/c1-3-30-22-9-10-23-19(16-22)7-8-20(25-23)17-26-11-5-6-21(18-26)27-12-14-28(15-13-27)24(29)31-4-2/h7-10,16,21H,3-6,11-15,17-18H2,1-2H3/t21-/m0/s1. The number of carbonyl (C=O) groups excluding carboxylic acids is 1. The molecule has 168 valence electrons. The Morgan fingerprint density at radius 3 is 2.68 bits per heavy atom. The molecule has 0 N–H and O–H groups in total. The molecule has 0 saturated carbocycles. The quantitative estimate of drug-likeness (QED) is 0.706. The topological polar surface area (TPSA) is 58.1 Å². The van der Waals surface area contributed by atoms with Gasteiger partial charge in [0, 0.05) is 50.7 Å². The van der Waals surface area contributed by atoms with E-state index >= 15 is 0 Å². The molecule has 0 spiro atoms. The van der Waals surface area contributed by atoms with E-state index < -0.39 is 0 Å². The largest absolute Gasteiger partial charge is 0.494 e. The maximum absolute atomic E-state index is 11.9. The molecular weight excluding hydrogens is 392 g/mol. The van der Waals surface area contributed by atoms with Crippen LogP contribution in [-0.2, 0) is 11.3 Å². The summed E-state index contributed by atoms with van der Waals surface area (Å²) in [6.07, 6.45) is 2.25. The lowest BCUT2D eigenvalue weighted by molar-refractivity contribution is 0.0410. The van der Waals surface area contributed by atoms with E-state index in [0.29, 0.717) is 19.3 Å². The van der Waals surface area contributed by atoms with Crippen LogP contribution in [0.5, 0.6) is 5.75 Å². The van der Waals surface area contributed by atoms with Crippen molar-refractivity contribution in [2.75, 3.05) is 52.5 Å². The van der Waals surface area contributed by atoms with Crippen LogP contribution < -0.4 is 4.74 Å². The average Bonchev–Trinajstić information content (AvgIpc) is 2.80. The summed E-state index contributed by atoms with van der Waals surface area (Å²) < 4.78 is 10.7. The molecule has 0 bridgehead atoms. The number of carbonyl (C=O) groups is 1. The van der Waals surface area contributed by atoms with Crippen LogP contribution in [-0.4, -0.2) is 84.3 Å². The molecule has 2 aliphatic heterocycles. The fraction of sp³-hybridized carbons (Fsp3) is 0.583. The van der Waals surface area contributed by atoms with Crippen LogP contribution in [0.2, 0.25) is 0 Å². The Labute approximate surface area is 184 Å². The van der Waals surface area contributed by atoms with Crippen LogP contribution in [0.15, 0.2) is 30.3 Å². The Bertz CT molecular complexity index is 882. The summed E-state index contributed by atoms with van der Waals surface area (Å²) >= 11 is 0. The molecule has 1 aromatic heterocycles. The van der Waals surface area contributed by atoms with Crippen molar-refractivity contribution in [3.8, 4) is 5.75 Å². The lowest BCUT2D eigenvalue weighted by Crippen LogP contribution is -2.55. The number of amides is 1. The second kappa shape index (κ2) is 10.3. The summed E-state index contributed by atoms with van der Waals surface area (Å²) in [6, 6.07) is 10.9. The number of pyridine rings is 1. The lowest BCUT2D eigenvalue weighted by atomic mass is 10.0. The van der Waals surface area contributed by atoms with Gasteiger partial charge in [-0.05, 0) is 57.5 Å². The predicted molar refractivity (Wildman–Crippen MR) is 121 cm³/mol. The van der Waals surface area contributed by atoms with Crippen LogP contribution in [0.4, 0.5) is 4.79 Å². The molecule has 7 nitrogen and oxygen atoms in total. The number of rotatable bonds is 6. The molecule has 2 saturated heterocycles. The highest BCUT2D eigenvalue weighted by Gasteiger charge is 2.29. The molecule has 0 unspecified atom stereocenters. The van der Waals surface area contributed by atoms with Gasteiger partial charge in [0.15, 0.2) is 0 Å². The molecule has 31 heavy (non-hydrogen) atoms. The minimum Gasteiger partial charge on any atom is -0.494 e. The average molecular weight is 427 g/mol. The molecule has 1 atom stereocenters. The van der Waals surface area contributed by atoms with E-state index in [9.17, 15) is 4.79 Å². The highest BCUT2D eigenvalue weighted by Crippen LogP contribution is 2.22. The van der Waals surface area contributed by atoms with Gasteiger partial charge in [0.2, 0.25) is 0 Å². The molecule has 1 aromatic carbocycles. The molecule has 2 aromatic rings. The number of likely N-dealkylation sites (tertiary alicyclic amines) is 1. The number of hydrogen-bond donors (Lipinski definition) is 0. The first-order valence-corrected chi connectivity index (χ1v) is 11.6. The first-order valence-electron chi connectivity index (χ1n) is 11.6. The summed E-state index contributed by atoms with van der Waals surface area (Å²) in [5, 5.41) is 1.12. The van der Waals surface area contributed by atoms with Crippen LogP contribution >= 0.6 is 0 Å². The molecule has 0 aliphatic carbocycles. The third kappa shape index (κ3) is 5.46. The minimum absolute atomic E-state index is 0.178. The Morgan fingerprint density at radius 2 is 1.90 bits per heavy atom. The van der Waals surface area contributed by atoms with E-state index in [2.05, 4.69) is 28.0 Å². The van der Waals surface area contributed by atoms with Gasteiger partial charge in [-0.25, -0.2) is 4.79 Å². The van der Waals surface area contributed by atoms with Crippen LogP contribution in [0.1, 0.15) is 32.4 Å². The lowest BCUT2D eigenvalue weighted by Gasteiger charge is -2.43. The third-order valence-corrected chi connectivity index (χ3v) is 6.25. The fourth-order valence-electron chi connectivity index (χ4n) is 4.68. The van der Waals surface area contributed by atoms with Crippen molar-refractivity contribution >= 4 is 17.0 Å². The van der Waals surface area contributed by atoms with Gasteiger partial charge in [-0.1, -0.05) is 6.07 Å². The number of hydrogen-bond acceptors (Lipinski definition) is 6. The molecule has 1 amide bonds. The SMILES string of the molecule is CCOC(=O)N1CCN([C@H]2CCCN(Cc3ccc4cc(OCC)ccc4n3)C2)CC1. The molecular formula is C24H34N4O3. The van der Waals surface area contributed by atoms with E-state index in [0.717, 1.165) is 68.2 Å². The summed E-state index contributed by atoms with van der Waals surface area (Å²) in [6.45, 7) is 11.4. The highest BCUT2D eigenvalue weighted by molar-refractivity contribution is 5.80. The van der Waals surface area contributed by atoms with Crippen molar-refractivity contribution < 1.29 is 14.3 Å². The molecule has 7 heteroatoms. The highest BCUT2D eigenvalue weighted by atomic mass is 16.6. The van der Waals surface area contributed by atoms with Gasteiger partial charge in [-0.15, -0.1) is 0 Å². The van der Waals surface area contributed by atoms with Crippen LogP contribution in [0, 0.1) is 0 Å². The summed E-state index contributed by atoms with van der Waals surface area (Å²) in [7, 11) is 0. The molecule has 0 radical (unpaired) electrons. The van der Waals surface area contributed by atoms with Gasteiger partial charge in [0.05, 0.1) is 24.4 Å². The maximum atomic E-state index is 11.9. The molecule has 3 heterocycles. The number of ether oxygens (including phenoxy) is 2. The first kappa shape index (κ1) is 21.8. The first-order chi connectivity index (χ1) is 15.2. The Kier molecular flexibility index (Phi) is 7.25. The number of benzene rings is 1. The monoisotopic (exact) mass is 426 g/mol. The van der Waals surface area contributed by atoms with E-state index in [1.165, 1.54) is 12.8 Å². The number of piperazine rings is 1. The molecule has 2 aliphatic rings. The Balaban J connectivity index is 1.33.